The highest BCUT2D eigenvalue weighted by molar-refractivity contribution is 6.63. The molecule has 2 heterocycles. The van der Waals surface area contributed by atoms with Crippen molar-refractivity contribution in [3.63, 3.8) is 0 Å². The number of hydrogen-bond acceptors (Lipinski definition) is 4. The molecule has 0 aromatic carbocycles. The molecular formula is C13H15ClN4O3. The molecule has 2 N–H and O–H groups in total. The van der Waals surface area contributed by atoms with E-state index in [-0.39, 0.29) is 11.2 Å². The summed E-state index contributed by atoms with van der Waals surface area (Å²) in [6.07, 6.45) is 6.75. The van der Waals surface area contributed by atoms with E-state index in [1.807, 2.05) is 0 Å². The quantitative estimate of drug-likeness (QED) is 0.825. The summed E-state index contributed by atoms with van der Waals surface area (Å²) in [5, 5.41) is -1.13. The lowest BCUT2D eigenvalue weighted by molar-refractivity contribution is 0.259. The van der Waals surface area contributed by atoms with Crippen molar-refractivity contribution in [2.45, 2.75) is 38.5 Å². The SMILES string of the molecule is O=C(Cl)n1c(=O)[nH]c2nc(CC3CCCCC3)[nH]c2c1=O. The summed E-state index contributed by atoms with van der Waals surface area (Å²) in [4.78, 5) is 44.4. The van der Waals surface area contributed by atoms with Crippen LogP contribution in [0, 0.1) is 5.92 Å². The first kappa shape index (κ1) is 14.1. The molecule has 0 atom stereocenters. The molecule has 0 unspecified atom stereocenters. The van der Waals surface area contributed by atoms with Gasteiger partial charge in [-0.05, 0) is 17.5 Å². The number of aromatic nitrogens is 4. The van der Waals surface area contributed by atoms with Gasteiger partial charge in [-0.25, -0.2) is 9.78 Å². The third-order valence-electron chi connectivity index (χ3n) is 3.98. The van der Waals surface area contributed by atoms with Gasteiger partial charge >= 0.3 is 11.1 Å². The fourth-order valence-electron chi connectivity index (χ4n) is 2.95. The van der Waals surface area contributed by atoms with Crippen LogP contribution in [0.5, 0.6) is 0 Å². The lowest BCUT2D eigenvalue weighted by Crippen LogP contribution is -2.37. The highest BCUT2D eigenvalue weighted by Gasteiger charge is 2.19. The first-order chi connectivity index (χ1) is 10.1. The maximum atomic E-state index is 12.1. The Morgan fingerprint density at radius 2 is 1.95 bits per heavy atom. The fraction of sp³-hybridized carbons (Fsp3) is 0.538. The molecule has 8 heteroatoms. The van der Waals surface area contributed by atoms with Crippen LogP contribution in [0.2, 0.25) is 0 Å². The first-order valence-corrected chi connectivity index (χ1v) is 7.38. The highest BCUT2D eigenvalue weighted by atomic mass is 35.5. The summed E-state index contributed by atoms with van der Waals surface area (Å²) in [6, 6.07) is 0. The number of carbonyl (C=O) groups excluding carboxylic acids is 1. The topological polar surface area (TPSA) is 101 Å². The minimum atomic E-state index is -1.13. The molecule has 0 amide bonds. The fourth-order valence-corrected chi connectivity index (χ4v) is 3.10. The zero-order valence-electron chi connectivity index (χ0n) is 11.3. The number of aromatic amines is 2. The molecule has 2 aromatic heterocycles. The van der Waals surface area contributed by atoms with Gasteiger partial charge in [0, 0.05) is 6.42 Å². The number of nitrogens with zero attached hydrogens (tertiary/aromatic N) is 2. The Balaban J connectivity index is 2.00. The predicted molar refractivity (Wildman–Crippen MR) is 77.9 cm³/mol. The Morgan fingerprint density at radius 3 is 2.62 bits per heavy atom. The molecular weight excluding hydrogens is 296 g/mol. The Morgan fingerprint density at radius 1 is 1.24 bits per heavy atom. The summed E-state index contributed by atoms with van der Waals surface area (Å²) in [6.45, 7) is 0. The Kier molecular flexibility index (Phi) is 3.67. The molecule has 0 aliphatic heterocycles. The van der Waals surface area contributed by atoms with E-state index in [9.17, 15) is 14.4 Å². The van der Waals surface area contributed by atoms with E-state index in [1.54, 1.807) is 0 Å². The molecule has 21 heavy (non-hydrogen) atoms. The molecule has 0 saturated heterocycles. The Labute approximate surface area is 124 Å². The summed E-state index contributed by atoms with van der Waals surface area (Å²) >= 11 is 5.25. The molecule has 2 aromatic rings. The predicted octanol–water partition coefficient (Wildman–Crippen LogP) is 1.74. The third kappa shape index (κ3) is 2.65. The number of H-pyrrole nitrogens is 2. The van der Waals surface area contributed by atoms with Crippen LogP contribution in [0.25, 0.3) is 11.2 Å². The van der Waals surface area contributed by atoms with Crippen LogP contribution in [0.3, 0.4) is 0 Å². The van der Waals surface area contributed by atoms with Crippen molar-refractivity contribution in [2.24, 2.45) is 5.92 Å². The minimum absolute atomic E-state index is 0.106. The van der Waals surface area contributed by atoms with Crippen molar-refractivity contribution in [3.8, 4) is 0 Å². The average molecular weight is 311 g/mol. The van der Waals surface area contributed by atoms with Crippen molar-refractivity contribution in [1.29, 1.82) is 0 Å². The van der Waals surface area contributed by atoms with Crippen molar-refractivity contribution >= 4 is 28.1 Å². The molecule has 0 radical (unpaired) electrons. The van der Waals surface area contributed by atoms with Crippen LogP contribution in [-0.4, -0.2) is 24.9 Å². The van der Waals surface area contributed by atoms with Crippen LogP contribution in [-0.2, 0) is 6.42 Å². The molecule has 0 spiro atoms. The number of fused-ring (bicyclic) bond motifs is 1. The van der Waals surface area contributed by atoms with Crippen LogP contribution >= 0.6 is 11.6 Å². The van der Waals surface area contributed by atoms with Gasteiger partial charge in [0.2, 0.25) is 0 Å². The first-order valence-electron chi connectivity index (χ1n) is 7.00. The van der Waals surface area contributed by atoms with E-state index in [1.165, 1.54) is 19.3 Å². The van der Waals surface area contributed by atoms with Gasteiger partial charge in [-0.1, -0.05) is 32.1 Å². The van der Waals surface area contributed by atoms with Crippen molar-refractivity contribution < 1.29 is 4.79 Å². The third-order valence-corrected chi connectivity index (χ3v) is 4.15. The van der Waals surface area contributed by atoms with Gasteiger partial charge in [0.05, 0.1) is 0 Å². The maximum Gasteiger partial charge on any atom is 0.338 e. The smallest absolute Gasteiger partial charge is 0.336 e. The lowest BCUT2D eigenvalue weighted by Gasteiger charge is -2.20. The van der Waals surface area contributed by atoms with Crippen LogP contribution in [0.15, 0.2) is 9.59 Å². The Bertz CT molecular complexity index is 798. The second-order valence-electron chi connectivity index (χ2n) is 5.44. The molecule has 0 bridgehead atoms. The van der Waals surface area contributed by atoms with Crippen LogP contribution in [0.4, 0.5) is 4.79 Å². The second kappa shape index (κ2) is 5.48. The highest BCUT2D eigenvalue weighted by Crippen LogP contribution is 2.26. The maximum absolute atomic E-state index is 12.1. The van der Waals surface area contributed by atoms with E-state index in [0.717, 1.165) is 19.3 Å². The van der Waals surface area contributed by atoms with E-state index in [2.05, 4.69) is 15.0 Å². The normalized spacial score (nSPS) is 16.4. The summed E-state index contributed by atoms with van der Waals surface area (Å²) in [5.74, 6) is 1.20. The van der Waals surface area contributed by atoms with Gasteiger partial charge in [-0.3, -0.25) is 14.6 Å². The molecule has 1 saturated carbocycles. The lowest BCUT2D eigenvalue weighted by atomic mass is 9.87. The number of rotatable bonds is 2. The van der Waals surface area contributed by atoms with Crippen LogP contribution in [0.1, 0.15) is 37.9 Å². The van der Waals surface area contributed by atoms with E-state index in [4.69, 9.17) is 11.6 Å². The second-order valence-corrected chi connectivity index (χ2v) is 5.76. The summed E-state index contributed by atoms with van der Waals surface area (Å²) in [7, 11) is 0. The van der Waals surface area contributed by atoms with E-state index < -0.39 is 16.6 Å². The van der Waals surface area contributed by atoms with Gasteiger partial charge < -0.3 is 4.98 Å². The molecule has 112 valence electrons. The monoisotopic (exact) mass is 310 g/mol. The van der Waals surface area contributed by atoms with Gasteiger partial charge in [0.25, 0.3) is 5.56 Å². The minimum Gasteiger partial charge on any atom is -0.336 e. The molecule has 1 aliphatic rings. The number of nitrogens with one attached hydrogen (secondary N) is 2. The molecule has 3 rings (SSSR count). The largest absolute Gasteiger partial charge is 0.338 e. The van der Waals surface area contributed by atoms with Gasteiger partial charge in [0.1, 0.15) is 11.3 Å². The van der Waals surface area contributed by atoms with Crippen molar-refractivity contribution in [1.82, 2.24) is 19.5 Å². The zero-order valence-corrected chi connectivity index (χ0v) is 12.1. The van der Waals surface area contributed by atoms with E-state index >= 15 is 0 Å². The number of halogens is 1. The summed E-state index contributed by atoms with van der Waals surface area (Å²) in [5.41, 5.74) is -1.36. The molecule has 7 nitrogen and oxygen atoms in total. The van der Waals surface area contributed by atoms with Crippen LogP contribution < -0.4 is 11.2 Å². The standard InChI is InChI=1S/C13H15ClN4O3/c14-12(20)18-11(19)9-10(17-13(18)21)16-8(15-9)6-7-4-2-1-3-5-7/h7H,1-6H2,(H,15,16)(H,17,21). The number of carbonyl (C=O) groups is 1. The number of hydrogen-bond donors (Lipinski definition) is 2. The van der Waals surface area contributed by atoms with Gasteiger partial charge in [-0.2, -0.15) is 4.57 Å². The summed E-state index contributed by atoms with van der Waals surface area (Å²) < 4.78 is 0.354. The van der Waals surface area contributed by atoms with Crippen molar-refractivity contribution in [3.05, 3.63) is 26.7 Å². The van der Waals surface area contributed by atoms with Crippen molar-refractivity contribution in [2.75, 3.05) is 0 Å². The van der Waals surface area contributed by atoms with Gasteiger partial charge in [-0.15, -0.1) is 0 Å². The molecule has 1 aliphatic carbocycles. The van der Waals surface area contributed by atoms with Gasteiger partial charge in [0.15, 0.2) is 5.65 Å². The average Bonchev–Trinajstić information content (AvgIpc) is 2.82. The Hall–Kier alpha value is -1.89. The van der Waals surface area contributed by atoms with E-state index in [0.29, 0.717) is 16.3 Å². The molecule has 1 fully saturated rings. The zero-order chi connectivity index (χ0) is 15.0. The number of imidazole rings is 1.